The lowest BCUT2D eigenvalue weighted by Crippen LogP contribution is -2.34. The molecule has 0 bridgehead atoms. The predicted molar refractivity (Wildman–Crippen MR) is 98.0 cm³/mol. The van der Waals surface area contributed by atoms with Gasteiger partial charge in [-0.3, -0.25) is 9.69 Å². The Kier molecular flexibility index (Phi) is 5.38. The van der Waals surface area contributed by atoms with Crippen molar-refractivity contribution in [3.63, 3.8) is 0 Å². The van der Waals surface area contributed by atoms with Crippen molar-refractivity contribution < 1.29 is 17.6 Å². The minimum atomic E-state index is -3.43. The van der Waals surface area contributed by atoms with Gasteiger partial charge in [0.1, 0.15) is 5.82 Å². The molecule has 0 aliphatic heterocycles. The van der Waals surface area contributed by atoms with Crippen molar-refractivity contribution >= 4 is 21.4 Å². The number of nitrogens with zero attached hydrogens (tertiary/aromatic N) is 1. The molecule has 0 spiro atoms. The Morgan fingerprint density at radius 2 is 1.81 bits per heavy atom. The van der Waals surface area contributed by atoms with Crippen LogP contribution in [-0.2, 0) is 21.2 Å². The van der Waals surface area contributed by atoms with Gasteiger partial charge in [-0.05, 0) is 42.7 Å². The van der Waals surface area contributed by atoms with Gasteiger partial charge in [-0.25, -0.2) is 12.8 Å². The number of nitrogens with one attached hydrogen (secondary N) is 1. The van der Waals surface area contributed by atoms with Gasteiger partial charge in [0, 0.05) is 18.8 Å². The molecule has 7 heteroatoms. The van der Waals surface area contributed by atoms with Crippen molar-refractivity contribution in [1.29, 1.82) is 0 Å². The third-order valence-corrected chi connectivity index (χ3v) is 5.42. The number of carbonyl (C=O) groups is 1. The number of carbonyl (C=O) groups excluding carboxylic acids is 1. The third kappa shape index (κ3) is 4.89. The zero-order valence-electron chi connectivity index (χ0n) is 14.5. The van der Waals surface area contributed by atoms with Gasteiger partial charge in [-0.15, -0.1) is 0 Å². The Hall–Kier alpha value is -2.25. The largest absolute Gasteiger partial charge is 0.324 e. The number of rotatable bonds is 7. The van der Waals surface area contributed by atoms with Crippen LogP contribution < -0.4 is 5.32 Å². The molecular formula is C19H21FN2O3S. The predicted octanol–water partition coefficient (Wildman–Crippen LogP) is 2.83. The maximum atomic E-state index is 13.1. The maximum absolute atomic E-state index is 13.1. The normalized spacial score (nSPS) is 14.4. The zero-order valence-corrected chi connectivity index (χ0v) is 15.3. The molecule has 1 aliphatic rings. The van der Waals surface area contributed by atoms with E-state index in [1.165, 1.54) is 18.2 Å². The molecule has 0 aromatic heterocycles. The molecule has 0 heterocycles. The van der Waals surface area contributed by atoms with E-state index < -0.39 is 9.84 Å². The van der Waals surface area contributed by atoms with E-state index >= 15 is 0 Å². The monoisotopic (exact) mass is 376 g/mol. The van der Waals surface area contributed by atoms with Crippen LogP contribution in [0.3, 0.4) is 0 Å². The number of hydrogen-bond acceptors (Lipinski definition) is 4. The highest BCUT2D eigenvalue weighted by Gasteiger charge is 2.30. The van der Waals surface area contributed by atoms with Gasteiger partial charge in [0.2, 0.25) is 5.91 Å². The van der Waals surface area contributed by atoms with Gasteiger partial charge in [0.05, 0.1) is 17.1 Å². The second-order valence-corrected chi connectivity index (χ2v) is 8.56. The van der Waals surface area contributed by atoms with Crippen LogP contribution in [0.15, 0.2) is 53.4 Å². The maximum Gasteiger partial charge on any atom is 0.238 e. The Labute approximate surface area is 152 Å². The molecular weight excluding hydrogens is 355 g/mol. The SMILES string of the molecule is CS(=O)(=O)c1ccccc1NC(=O)CN(Cc1ccc(F)cc1)C1CC1. The molecule has 3 rings (SSSR count). The van der Waals surface area contributed by atoms with Crippen LogP contribution in [0.2, 0.25) is 0 Å². The lowest BCUT2D eigenvalue weighted by atomic mass is 10.2. The summed E-state index contributed by atoms with van der Waals surface area (Å²) in [5.41, 5.74) is 1.22. The van der Waals surface area contributed by atoms with Gasteiger partial charge < -0.3 is 5.32 Å². The number of halogens is 1. The first-order chi connectivity index (χ1) is 12.3. The Morgan fingerprint density at radius 1 is 1.15 bits per heavy atom. The van der Waals surface area contributed by atoms with E-state index in [0.717, 1.165) is 24.7 Å². The molecule has 1 fully saturated rings. The van der Waals surface area contributed by atoms with E-state index in [0.29, 0.717) is 12.6 Å². The van der Waals surface area contributed by atoms with E-state index in [1.54, 1.807) is 30.3 Å². The molecule has 0 atom stereocenters. The topological polar surface area (TPSA) is 66.5 Å². The standard InChI is InChI=1S/C19H21FN2O3S/c1-26(24,25)18-5-3-2-4-17(18)21-19(23)13-22(16-10-11-16)12-14-6-8-15(20)9-7-14/h2-9,16H,10-13H2,1H3,(H,21,23). The molecule has 0 unspecified atom stereocenters. The first-order valence-electron chi connectivity index (χ1n) is 8.40. The summed E-state index contributed by atoms with van der Waals surface area (Å²) in [7, 11) is -3.43. The molecule has 2 aromatic rings. The van der Waals surface area contributed by atoms with Crippen LogP contribution in [0, 0.1) is 5.82 Å². The smallest absolute Gasteiger partial charge is 0.238 e. The number of hydrogen-bond donors (Lipinski definition) is 1. The van der Waals surface area contributed by atoms with Gasteiger partial charge in [0.25, 0.3) is 0 Å². The second-order valence-electron chi connectivity index (χ2n) is 6.58. The van der Waals surface area contributed by atoms with E-state index in [1.807, 2.05) is 4.90 Å². The van der Waals surface area contributed by atoms with Gasteiger partial charge in [-0.1, -0.05) is 24.3 Å². The van der Waals surface area contributed by atoms with E-state index in [2.05, 4.69) is 5.32 Å². The van der Waals surface area contributed by atoms with Gasteiger partial charge >= 0.3 is 0 Å². The average molecular weight is 376 g/mol. The molecule has 138 valence electrons. The number of anilines is 1. The fraction of sp³-hybridized carbons (Fsp3) is 0.316. The lowest BCUT2D eigenvalue weighted by Gasteiger charge is -2.22. The molecule has 0 radical (unpaired) electrons. The quantitative estimate of drug-likeness (QED) is 0.807. The number of amides is 1. The first-order valence-corrected chi connectivity index (χ1v) is 10.3. The van der Waals surface area contributed by atoms with Crippen molar-refractivity contribution in [3.8, 4) is 0 Å². The fourth-order valence-electron chi connectivity index (χ4n) is 2.85. The minimum absolute atomic E-state index is 0.102. The van der Waals surface area contributed by atoms with Crippen molar-refractivity contribution in [1.82, 2.24) is 4.90 Å². The average Bonchev–Trinajstić information content (AvgIpc) is 3.41. The third-order valence-electron chi connectivity index (χ3n) is 4.27. The van der Waals surface area contributed by atoms with Gasteiger partial charge in [-0.2, -0.15) is 0 Å². The summed E-state index contributed by atoms with van der Waals surface area (Å²) in [6.45, 7) is 0.701. The summed E-state index contributed by atoms with van der Waals surface area (Å²) in [6.07, 6.45) is 3.16. The summed E-state index contributed by atoms with van der Waals surface area (Å²) in [6, 6.07) is 12.9. The molecule has 1 N–H and O–H groups in total. The van der Waals surface area contributed by atoms with Crippen LogP contribution >= 0.6 is 0 Å². The summed E-state index contributed by atoms with van der Waals surface area (Å²) in [5, 5.41) is 2.71. The highest BCUT2D eigenvalue weighted by molar-refractivity contribution is 7.90. The molecule has 0 saturated heterocycles. The summed E-state index contributed by atoms with van der Waals surface area (Å²) in [4.78, 5) is 14.6. The minimum Gasteiger partial charge on any atom is -0.324 e. The van der Waals surface area contributed by atoms with Gasteiger partial charge in [0.15, 0.2) is 9.84 Å². The number of benzene rings is 2. The second kappa shape index (κ2) is 7.55. The highest BCUT2D eigenvalue weighted by Crippen LogP contribution is 2.28. The Morgan fingerprint density at radius 3 is 2.42 bits per heavy atom. The van der Waals surface area contributed by atoms with E-state index in [-0.39, 0.29) is 28.9 Å². The molecule has 5 nitrogen and oxygen atoms in total. The van der Waals surface area contributed by atoms with Crippen LogP contribution in [0.1, 0.15) is 18.4 Å². The molecule has 1 saturated carbocycles. The Balaban J connectivity index is 1.69. The van der Waals surface area contributed by atoms with Crippen LogP contribution in [0.4, 0.5) is 10.1 Å². The highest BCUT2D eigenvalue weighted by atomic mass is 32.2. The zero-order chi connectivity index (χ0) is 18.7. The fourth-order valence-corrected chi connectivity index (χ4v) is 3.69. The molecule has 1 aliphatic carbocycles. The summed E-state index contributed by atoms with van der Waals surface area (Å²) < 4.78 is 36.8. The van der Waals surface area contributed by atoms with Crippen LogP contribution in [-0.4, -0.2) is 38.1 Å². The van der Waals surface area contributed by atoms with Crippen molar-refractivity contribution in [3.05, 3.63) is 59.9 Å². The Bertz CT molecular complexity index is 893. The van der Waals surface area contributed by atoms with E-state index in [4.69, 9.17) is 0 Å². The van der Waals surface area contributed by atoms with Crippen molar-refractivity contribution in [2.24, 2.45) is 0 Å². The molecule has 26 heavy (non-hydrogen) atoms. The number of para-hydroxylation sites is 1. The first kappa shape index (κ1) is 18.5. The lowest BCUT2D eigenvalue weighted by molar-refractivity contribution is -0.117. The summed E-state index contributed by atoms with van der Waals surface area (Å²) >= 11 is 0. The van der Waals surface area contributed by atoms with Crippen molar-refractivity contribution in [2.75, 3.05) is 18.1 Å². The van der Waals surface area contributed by atoms with Crippen LogP contribution in [0.25, 0.3) is 0 Å². The number of sulfone groups is 1. The summed E-state index contributed by atoms with van der Waals surface area (Å²) in [5.74, 6) is -0.558. The van der Waals surface area contributed by atoms with E-state index in [9.17, 15) is 17.6 Å². The molecule has 2 aromatic carbocycles. The van der Waals surface area contributed by atoms with Crippen molar-refractivity contribution in [2.45, 2.75) is 30.3 Å². The van der Waals surface area contributed by atoms with Crippen LogP contribution in [0.5, 0.6) is 0 Å². The molecule has 1 amide bonds.